The number of imidazole rings is 1. The van der Waals surface area contributed by atoms with Crippen LogP contribution in [0.2, 0.25) is 0 Å². The minimum absolute atomic E-state index is 0.543. The molecule has 0 unspecified atom stereocenters. The predicted molar refractivity (Wildman–Crippen MR) is 126 cm³/mol. The van der Waals surface area contributed by atoms with Gasteiger partial charge in [0, 0.05) is 18.7 Å². The fraction of sp³-hybridized carbons (Fsp3) is 0.296. The first-order valence-corrected chi connectivity index (χ1v) is 11.3. The molecule has 31 heavy (non-hydrogen) atoms. The zero-order valence-electron chi connectivity index (χ0n) is 17.8. The lowest BCUT2D eigenvalue weighted by molar-refractivity contribution is 0.306. The Morgan fingerprint density at radius 1 is 0.839 bits per heavy atom. The van der Waals surface area contributed by atoms with E-state index in [0.29, 0.717) is 12.6 Å². The molecule has 2 aromatic heterocycles. The van der Waals surface area contributed by atoms with Crippen LogP contribution in [0.4, 0.5) is 5.82 Å². The van der Waals surface area contributed by atoms with Gasteiger partial charge < -0.3 is 10.1 Å². The number of aromatic nitrogens is 2. The number of anilines is 1. The van der Waals surface area contributed by atoms with Crippen molar-refractivity contribution >= 4 is 11.5 Å². The van der Waals surface area contributed by atoms with Crippen LogP contribution in [0.5, 0.6) is 5.75 Å². The zero-order chi connectivity index (χ0) is 20.9. The van der Waals surface area contributed by atoms with Gasteiger partial charge in [-0.1, -0.05) is 67.8 Å². The van der Waals surface area contributed by atoms with Crippen LogP contribution in [0.3, 0.4) is 0 Å². The van der Waals surface area contributed by atoms with E-state index >= 15 is 0 Å². The molecule has 1 aliphatic rings. The van der Waals surface area contributed by atoms with Crippen molar-refractivity contribution in [1.29, 1.82) is 0 Å². The highest BCUT2D eigenvalue weighted by molar-refractivity contribution is 5.57. The summed E-state index contributed by atoms with van der Waals surface area (Å²) in [4.78, 5) is 4.94. The van der Waals surface area contributed by atoms with Crippen molar-refractivity contribution in [2.75, 3.05) is 5.32 Å². The van der Waals surface area contributed by atoms with Crippen LogP contribution in [-0.2, 0) is 13.0 Å². The summed E-state index contributed by atoms with van der Waals surface area (Å²) in [5.74, 6) is 2.04. The fourth-order valence-electron chi connectivity index (χ4n) is 4.40. The minimum Gasteiger partial charge on any atom is -0.489 e. The SMILES string of the molecule is c1ccc(COc2ccc(Cc3nc4ccccn4c3NC3CCCCC3)cc2)cc1. The molecule has 1 saturated carbocycles. The Morgan fingerprint density at radius 2 is 1.61 bits per heavy atom. The number of benzene rings is 2. The Kier molecular flexibility index (Phi) is 5.87. The van der Waals surface area contributed by atoms with Gasteiger partial charge in [0.1, 0.15) is 23.8 Å². The molecule has 5 rings (SSSR count). The first kappa shape index (κ1) is 19.7. The largest absolute Gasteiger partial charge is 0.489 e. The summed E-state index contributed by atoms with van der Waals surface area (Å²) in [6.45, 7) is 0.585. The van der Waals surface area contributed by atoms with E-state index in [-0.39, 0.29) is 0 Å². The summed E-state index contributed by atoms with van der Waals surface area (Å²) in [5.41, 5.74) is 4.52. The molecule has 0 bridgehead atoms. The molecule has 0 radical (unpaired) electrons. The van der Waals surface area contributed by atoms with Gasteiger partial charge in [0.25, 0.3) is 0 Å². The third-order valence-corrected chi connectivity index (χ3v) is 6.09. The summed E-state index contributed by atoms with van der Waals surface area (Å²) < 4.78 is 8.13. The van der Waals surface area contributed by atoms with E-state index in [1.54, 1.807) is 0 Å². The van der Waals surface area contributed by atoms with E-state index < -0.39 is 0 Å². The summed E-state index contributed by atoms with van der Waals surface area (Å²) in [6.07, 6.45) is 9.38. The van der Waals surface area contributed by atoms with Crippen LogP contribution in [0.15, 0.2) is 79.0 Å². The molecule has 4 aromatic rings. The van der Waals surface area contributed by atoms with Gasteiger partial charge in [-0.3, -0.25) is 4.40 Å². The van der Waals surface area contributed by atoms with Crippen molar-refractivity contribution in [3.05, 3.63) is 95.8 Å². The topological polar surface area (TPSA) is 38.6 Å². The maximum atomic E-state index is 5.94. The molecule has 2 heterocycles. The molecule has 1 fully saturated rings. The molecular formula is C27H29N3O. The molecule has 158 valence electrons. The van der Waals surface area contributed by atoms with Gasteiger partial charge in [-0.15, -0.1) is 0 Å². The van der Waals surface area contributed by atoms with Crippen LogP contribution >= 0.6 is 0 Å². The van der Waals surface area contributed by atoms with Gasteiger partial charge in [0.05, 0.1) is 5.69 Å². The number of pyridine rings is 1. The van der Waals surface area contributed by atoms with Crippen LogP contribution in [0.25, 0.3) is 5.65 Å². The first-order valence-electron chi connectivity index (χ1n) is 11.3. The highest BCUT2D eigenvalue weighted by Gasteiger charge is 2.18. The highest BCUT2D eigenvalue weighted by atomic mass is 16.5. The van der Waals surface area contributed by atoms with Gasteiger partial charge in [0.2, 0.25) is 0 Å². The van der Waals surface area contributed by atoms with Gasteiger partial charge >= 0.3 is 0 Å². The van der Waals surface area contributed by atoms with Gasteiger partial charge in [-0.25, -0.2) is 4.98 Å². The molecule has 0 aliphatic heterocycles. The van der Waals surface area contributed by atoms with Gasteiger partial charge in [-0.05, 0) is 48.2 Å². The van der Waals surface area contributed by atoms with Crippen molar-refractivity contribution in [2.45, 2.75) is 51.2 Å². The number of ether oxygens (including phenoxy) is 1. The normalized spacial score (nSPS) is 14.6. The zero-order valence-corrected chi connectivity index (χ0v) is 17.8. The Balaban J connectivity index is 1.32. The van der Waals surface area contributed by atoms with Gasteiger partial charge in [-0.2, -0.15) is 0 Å². The quantitative estimate of drug-likeness (QED) is 0.391. The van der Waals surface area contributed by atoms with E-state index in [2.05, 4.69) is 70.5 Å². The molecule has 4 heteroatoms. The van der Waals surface area contributed by atoms with E-state index in [4.69, 9.17) is 9.72 Å². The Morgan fingerprint density at radius 3 is 2.42 bits per heavy atom. The number of rotatable bonds is 7. The molecule has 0 saturated heterocycles. The standard InChI is InChI=1S/C27H29N3O/c1-3-9-22(10-4-1)20-31-24-16-14-21(15-17-24)19-25-27(28-23-11-5-2-6-12-23)30-18-8-7-13-26(30)29-25/h1,3-4,7-10,13-18,23,28H,2,5-6,11-12,19-20H2. The summed E-state index contributed by atoms with van der Waals surface area (Å²) in [7, 11) is 0. The van der Waals surface area contributed by atoms with Crippen LogP contribution in [0.1, 0.15) is 48.9 Å². The molecule has 0 amide bonds. The number of hydrogen-bond acceptors (Lipinski definition) is 3. The Hall–Kier alpha value is -3.27. The molecule has 4 nitrogen and oxygen atoms in total. The maximum absolute atomic E-state index is 5.94. The summed E-state index contributed by atoms with van der Waals surface area (Å²) in [6, 6.07) is 25.4. The number of nitrogens with zero attached hydrogens (tertiary/aromatic N) is 2. The van der Waals surface area contributed by atoms with E-state index in [9.17, 15) is 0 Å². The minimum atomic E-state index is 0.543. The predicted octanol–water partition coefficient (Wildman–Crippen LogP) is 6.25. The second-order valence-electron chi connectivity index (χ2n) is 8.41. The summed E-state index contributed by atoms with van der Waals surface area (Å²) in [5, 5.41) is 3.82. The first-order chi connectivity index (χ1) is 15.3. The smallest absolute Gasteiger partial charge is 0.138 e. The van der Waals surface area contributed by atoms with Gasteiger partial charge in [0.15, 0.2) is 0 Å². The maximum Gasteiger partial charge on any atom is 0.138 e. The molecule has 0 spiro atoms. The average molecular weight is 412 g/mol. The lowest BCUT2D eigenvalue weighted by atomic mass is 9.95. The Labute approximate surface area is 183 Å². The van der Waals surface area contributed by atoms with E-state index in [1.807, 2.05) is 18.2 Å². The molecule has 0 atom stereocenters. The third-order valence-electron chi connectivity index (χ3n) is 6.09. The van der Waals surface area contributed by atoms with Crippen LogP contribution in [0, 0.1) is 0 Å². The van der Waals surface area contributed by atoms with E-state index in [0.717, 1.165) is 29.3 Å². The second-order valence-corrected chi connectivity index (χ2v) is 8.41. The lowest BCUT2D eigenvalue weighted by Crippen LogP contribution is -2.23. The monoisotopic (exact) mass is 411 g/mol. The molecule has 2 aromatic carbocycles. The summed E-state index contributed by atoms with van der Waals surface area (Å²) >= 11 is 0. The van der Waals surface area contributed by atoms with Crippen molar-refractivity contribution in [2.24, 2.45) is 0 Å². The molecule has 1 aliphatic carbocycles. The Bertz CT molecular complexity index is 1110. The fourth-order valence-corrected chi connectivity index (χ4v) is 4.40. The third kappa shape index (κ3) is 4.74. The van der Waals surface area contributed by atoms with Crippen molar-refractivity contribution in [3.8, 4) is 5.75 Å². The lowest BCUT2D eigenvalue weighted by Gasteiger charge is -2.24. The molecular weight excluding hydrogens is 382 g/mol. The second kappa shape index (κ2) is 9.25. The van der Waals surface area contributed by atoms with Crippen molar-refractivity contribution in [1.82, 2.24) is 9.38 Å². The van der Waals surface area contributed by atoms with Crippen LogP contribution in [-0.4, -0.2) is 15.4 Å². The van der Waals surface area contributed by atoms with Crippen molar-refractivity contribution < 1.29 is 4.74 Å². The molecule has 1 N–H and O–H groups in total. The van der Waals surface area contributed by atoms with E-state index in [1.165, 1.54) is 43.2 Å². The number of hydrogen-bond donors (Lipinski definition) is 1. The highest BCUT2D eigenvalue weighted by Crippen LogP contribution is 2.27. The average Bonchev–Trinajstić information content (AvgIpc) is 3.17. The van der Waals surface area contributed by atoms with Crippen molar-refractivity contribution in [3.63, 3.8) is 0 Å². The number of fused-ring (bicyclic) bond motifs is 1. The van der Waals surface area contributed by atoms with Crippen LogP contribution < -0.4 is 10.1 Å². The number of nitrogens with one attached hydrogen (secondary N) is 1.